The van der Waals surface area contributed by atoms with E-state index in [0.717, 1.165) is 41.6 Å². The Morgan fingerprint density at radius 1 is 0.797 bits per heavy atom. The number of rotatable bonds is 13. The molecular weight excluding hydrogens is 918 g/mol. The minimum atomic E-state index is -0.888. The summed E-state index contributed by atoms with van der Waals surface area (Å²) in [4.78, 5) is 69.8. The van der Waals surface area contributed by atoms with Crippen LogP contribution < -0.4 is 10.6 Å². The third kappa shape index (κ3) is 14.5. The summed E-state index contributed by atoms with van der Waals surface area (Å²) in [5, 5.41) is 23.2. The van der Waals surface area contributed by atoms with Crippen molar-refractivity contribution >= 4 is 52.6 Å². The number of hydrogen-bond acceptors (Lipinski definition) is 12. The summed E-state index contributed by atoms with van der Waals surface area (Å²) in [6.07, 6.45) is -0.624. The number of benzene rings is 2. The molecule has 0 unspecified atom stereocenters. The van der Waals surface area contributed by atoms with Crippen LogP contribution in [0.1, 0.15) is 119 Å². The third-order valence-corrected chi connectivity index (χ3v) is 11.7. The summed E-state index contributed by atoms with van der Waals surface area (Å²) in [7, 11) is 4.90. The second kappa shape index (κ2) is 25.6. The Morgan fingerprint density at radius 2 is 1.30 bits per heavy atom. The number of nitrogens with zero attached hydrogens (tertiary/aromatic N) is 7. The fourth-order valence-electron chi connectivity index (χ4n) is 7.75. The van der Waals surface area contributed by atoms with E-state index in [4.69, 9.17) is 26.2 Å². The van der Waals surface area contributed by atoms with Gasteiger partial charge in [-0.3, -0.25) is 24.4 Å². The molecule has 4 amide bonds. The highest BCUT2D eigenvalue weighted by Gasteiger charge is 2.47. The summed E-state index contributed by atoms with van der Waals surface area (Å²) >= 11 is 5.67. The van der Waals surface area contributed by atoms with Gasteiger partial charge in [0, 0.05) is 35.9 Å². The number of H-pyrrole nitrogens is 1. The molecule has 0 saturated carbocycles. The number of fused-ring (bicyclic) bond motifs is 2. The van der Waals surface area contributed by atoms with Gasteiger partial charge in [-0.2, -0.15) is 10.2 Å². The van der Waals surface area contributed by atoms with Gasteiger partial charge in [0.15, 0.2) is 5.82 Å². The van der Waals surface area contributed by atoms with Crippen molar-refractivity contribution in [2.24, 2.45) is 5.92 Å². The number of carbonyl (C=O) groups is 5. The maximum absolute atomic E-state index is 13.1. The lowest BCUT2D eigenvalue weighted by Gasteiger charge is -2.33. The molecule has 0 fully saturated rings. The lowest BCUT2D eigenvalue weighted by Crippen LogP contribution is -2.44. The molecule has 6 rings (SSSR count). The Balaban J connectivity index is 0.000000313. The van der Waals surface area contributed by atoms with Crippen molar-refractivity contribution in [2.45, 2.75) is 106 Å². The van der Waals surface area contributed by atoms with Crippen LogP contribution in [0.5, 0.6) is 0 Å². The van der Waals surface area contributed by atoms with E-state index in [1.807, 2.05) is 32.8 Å². The van der Waals surface area contributed by atoms with Crippen LogP contribution in [0.15, 0.2) is 48.5 Å². The Hall–Kier alpha value is -5.96. The molecule has 2 aromatic carbocycles. The topological polar surface area (TPSA) is 208 Å². The number of aliphatic hydroxyl groups is 1. The van der Waals surface area contributed by atoms with Crippen molar-refractivity contribution < 1.29 is 47.3 Å². The van der Waals surface area contributed by atoms with E-state index in [1.165, 1.54) is 60.9 Å². The van der Waals surface area contributed by atoms with Gasteiger partial charge < -0.3 is 39.9 Å². The smallest absolute Gasteiger partial charge is 0.436 e. The largest absolute Gasteiger partial charge is 0.448 e. The van der Waals surface area contributed by atoms with E-state index in [-0.39, 0.29) is 37.2 Å². The summed E-state index contributed by atoms with van der Waals surface area (Å²) in [6.45, 7) is 24.3. The average Bonchev–Trinajstić information content (AvgIpc) is 4.01. The maximum Gasteiger partial charge on any atom is 0.436 e. The monoisotopic (exact) mass is 986 g/mol. The van der Waals surface area contributed by atoms with Gasteiger partial charge in [0.1, 0.15) is 23.6 Å². The molecule has 0 bridgehead atoms. The molecule has 0 spiro atoms. The number of halogens is 3. The summed E-state index contributed by atoms with van der Waals surface area (Å²) < 4.78 is 38.1. The number of hydrogen-bond donors (Lipinski definition) is 4. The molecule has 380 valence electrons. The second-order valence-electron chi connectivity index (χ2n) is 17.7. The van der Waals surface area contributed by atoms with E-state index in [1.54, 1.807) is 25.7 Å². The van der Waals surface area contributed by atoms with E-state index in [2.05, 4.69) is 65.4 Å². The summed E-state index contributed by atoms with van der Waals surface area (Å²) in [5.74, 6) is -1.04. The Morgan fingerprint density at radius 3 is 1.75 bits per heavy atom. The second-order valence-corrected chi connectivity index (χ2v) is 18.0. The molecule has 2 aromatic heterocycles. The molecule has 69 heavy (non-hydrogen) atoms. The molecule has 0 aliphatic carbocycles. The van der Waals surface area contributed by atoms with E-state index in [0.29, 0.717) is 35.1 Å². The minimum absolute atomic E-state index is 0.0586. The Bertz CT molecular complexity index is 2330. The quantitative estimate of drug-likeness (QED) is 0.0734. The van der Waals surface area contributed by atoms with Crippen molar-refractivity contribution in [3.05, 3.63) is 93.8 Å². The number of carbonyl (C=O) groups excluding carboxylic acids is 5. The Kier molecular flexibility index (Phi) is 21.3. The normalized spacial score (nSPS) is 14.3. The fraction of sp³-hybridized carbons (Fsp3) is 0.521. The highest BCUT2D eigenvalue weighted by molar-refractivity contribution is 6.62. The SMILES string of the molecule is CC(C)C[C@@H](CN(C)C)OC(=O)N1Cc2c(NC(=O)c3ccc(F)cc3)n[nH]c2C1(C)C.CCN(CC)CC.CCOC(=O)n1nc2c(c1NC(=O)c1ccc(F)cc1)CN(C(=O)Cl)C2(C)C.CO. The minimum Gasteiger partial charge on any atom is -0.448 e. The van der Waals surface area contributed by atoms with Gasteiger partial charge >= 0.3 is 17.6 Å². The highest BCUT2D eigenvalue weighted by atomic mass is 35.5. The molecule has 4 aromatic rings. The highest BCUT2D eigenvalue weighted by Crippen LogP contribution is 2.43. The first-order chi connectivity index (χ1) is 32.5. The third-order valence-electron chi connectivity index (χ3n) is 11.5. The van der Waals surface area contributed by atoms with Crippen molar-refractivity contribution in [2.75, 3.05) is 64.6 Å². The van der Waals surface area contributed by atoms with Gasteiger partial charge in [0.25, 0.3) is 11.8 Å². The van der Waals surface area contributed by atoms with Crippen molar-refractivity contribution in [3.63, 3.8) is 0 Å². The first kappa shape index (κ1) is 57.4. The van der Waals surface area contributed by atoms with Crippen molar-refractivity contribution in [1.29, 1.82) is 0 Å². The summed E-state index contributed by atoms with van der Waals surface area (Å²) in [6, 6.07) is 10.2. The van der Waals surface area contributed by atoms with E-state index < -0.39 is 52.1 Å². The lowest BCUT2D eigenvalue weighted by molar-refractivity contribution is 0.0195. The standard InChI is InChI=1S/C23H32FN5O3.C18H18ClFN4O4.C6H15N.CH4O/c1-14(2)11-17(12-28(5)6)32-22(31)29-13-18-19(23(29,3)4)26-27-20(18)25-21(30)15-7-9-16(24)10-8-15;1-4-28-17(27)24-14(21-15(25)10-5-7-11(20)8-6-10)12-9-23(16(19)26)18(2,3)13(12)22-24;1-4-7(5-2)6-3;1-2/h7-10,14,17H,11-13H2,1-6H3,(H2,25,26,27,30);5-8H,4,9H2,1-3H3,(H,21,25);4-6H2,1-3H3;2H,1H3/t17-;;;/m0.../s1. The van der Waals surface area contributed by atoms with Gasteiger partial charge in [-0.05, 0) is 141 Å². The molecular formula is C48H69ClF2N10O8. The van der Waals surface area contributed by atoms with Crippen LogP contribution in [0.3, 0.4) is 0 Å². The maximum atomic E-state index is 13.1. The number of aromatic amines is 1. The molecule has 2 aliphatic rings. The van der Waals surface area contributed by atoms with Gasteiger partial charge in [-0.15, -0.1) is 4.68 Å². The number of ether oxygens (including phenoxy) is 2. The van der Waals surface area contributed by atoms with E-state index in [9.17, 15) is 32.8 Å². The van der Waals surface area contributed by atoms with Gasteiger partial charge in [0.05, 0.1) is 42.2 Å². The van der Waals surface area contributed by atoms with Crippen LogP contribution >= 0.6 is 11.6 Å². The molecule has 0 radical (unpaired) electrons. The molecule has 21 heteroatoms. The molecule has 0 saturated heterocycles. The first-order valence-electron chi connectivity index (χ1n) is 22.8. The van der Waals surface area contributed by atoms with E-state index >= 15 is 0 Å². The lowest BCUT2D eigenvalue weighted by atomic mass is 10.0. The number of aromatic nitrogens is 4. The molecule has 18 nitrogen and oxygen atoms in total. The fourth-order valence-corrected chi connectivity index (χ4v) is 8.02. The average molecular weight is 988 g/mol. The van der Waals surface area contributed by atoms with Crippen molar-refractivity contribution in [1.82, 2.24) is 39.6 Å². The number of nitrogens with one attached hydrogen (secondary N) is 3. The van der Waals surface area contributed by atoms with Crippen LogP contribution in [0, 0.1) is 17.6 Å². The predicted molar refractivity (Wildman–Crippen MR) is 260 cm³/mol. The van der Waals surface area contributed by atoms with Gasteiger partial charge in [0.2, 0.25) is 0 Å². The molecule has 2 aliphatic heterocycles. The van der Waals surface area contributed by atoms with Crippen LogP contribution in [-0.4, -0.2) is 134 Å². The molecule has 4 heterocycles. The van der Waals surface area contributed by atoms with Crippen molar-refractivity contribution in [3.8, 4) is 0 Å². The van der Waals surface area contributed by atoms with Crippen LogP contribution in [-0.2, 0) is 33.6 Å². The summed E-state index contributed by atoms with van der Waals surface area (Å²) in [5.41, 5.74) is 1.31. The number of amides is 4. The van der Waals surface area contributed by atoms with Crippen LogP contribution in [0.25, 0.3) is 0 Å². The predicted octanol–water partition coefficient (Wildman–Crippen LogP) is 8.61. The molecule has 4 N–H and O–H groups in total. The molecule has 1 atom stereocenters. The van der Waals surface area contributed by atoms with Gasteiger partial charge in [-0.25, -0.2) is 18.4 Å². The number of aliphatic hydroxyl groups excluding tert-OH is 1. The number of anilines is 2. The first-order valence-corrected chi connectivity index (χ1v) is 23.2. The number of likely N-dealkylation sites (N-methyl/N-ethyl adjacent to an activating group) is 1. The Labute approximate surface area is 408 Å². The van der Waals surface area contributed by atoms with Gasteiger partial charge in [-0.1, -0.05) is 34.6 Å². The zero-order valence-corrected chi connectivity index (χ0v) is 42.8. The zero-order chi connectivity index (χ0) is 52.0. The van der Waals surface area contributed by atoms with Crippen LogP contribution in [0.2, 0.25) is 0 Å². The zero-order valence-electron chi connectivity index (χ0n) is 42.0. The van der Waals surface area contributed by atoms with Crippen LogP contribution in [0.4, 0.5) is 34.8 Å².